The second-order valence-corrected chi connectivity index (χ2v) is 8.10. The molecule has 1 fully saturated rings. The van der Waals surface area contributed by atoms with Crippen molar-refractivity contribution in [2.24, 2.45) is 10.9 Å². The number of nitrogens with one attached hydrogen (secondary N) is 3. The number of carbonyl (C=O) groups is 1. The van der Waals surface area contributed by atoms with E-state index in [2.05, 4.69) is 53.8 Å². The molecule has 4 N–H and O–H groups in total. The minimum absolute atomic E-state index is 0.0959. The summed E-state index contributed by atoms with van der Waals surface area (Å²) in [5.74, 6) is 1.02. The van der Waals surface area contributed by atoms with E-state index in [0.717, 1.165) is 24.9 Å². The summed E-state index contributed by atoms with van der Waals surface area (Å²) in [7, 11) is 0. The van der Waals surface area contributed by atoms with E-state index in [1.165, 1.54) is 5.56 Å². The Hall–Kier alpha value is -2.08. The Labute approximate surface area is 162 Å². The number of aliphatic imine (C=N–C) groups is 1. The Bertz CT molecular complexity index is 631. The summed E-state index contributed by atoms with van der Waals surface area (Å²) >= 11 is 0. The first-order chi connectivity index (χ1) is 12.8. The van der Waals surface area contributed by atoms with Crippen molar-refractivity contribution < 1.29 is 9.90 Å². The third-order valence-corrected chi connectivity index (χ3v) is 4.59. The molecular formula is C21H34N4O2. The number of aliphatic hydroxyl groups is 1. The molecule has 0 aromatic heterocycles. The molecule has 1 aromatic rings. The van der Waals surface area contributed by atoms with Gasteiger partial charge < -0.3 is 21.1 Å². The van der Waals surface area contributed by atoms with Gasteiger partial charge in [0.2, 0.25) is 5.91 Å². The standard InChI is InChI=1S/C21H34N4O2/c1-5-22-20(24-13-12-23-19(27)16-6-7-16)25-14-18(26)15-8-10-17(11-9-15)21(2,3)4/h8-11,16,18,26H,5-7,12-14H2,1-4H3,(H,23,27)(H2,22,24,25). The van der Waals surface area contributed by atoms with Crippen LogP contribution < -0.4 is 16.0 Å². The van der Waals surface area contributed by atoms with Gasteiger partial charge in [-0.3, -0.25) is 9.79 Å². The van der Waals surface area contributed by atoms with Crippen LogP contribution in [-0.2, 0) is 10.2 Å². The third kappa shape index (κ3) is 7.21. The van der Waals surface area contributed by atoms with Crippen molar-refractivity contribution in [2.75, 3.05) is 26.2 Å². The average molecular weight is 375 g/mol. The SMILES string of the molecule is CCNC(=NCC(O)c1ccc(C(C)(C)C)cc1)NCCNC(=O)C1CC1. The maximum atomic E-state index is 11.6. The zero-order valence-electron chi connectivity index (χ0n) is 17.0. The maximum absolute atomic E-state index is 11.6. The fourth-order valence-corrected chi connectivity index (χ4v) is 2.69. The van der Waals surface area contributed by atoms with Gasteiger partial charge in [-0.15, -0.1) is 0 Å². The van der Waals surface area contributed by atoms with E-state index in [9.17, 15) is 9.90 Å². The van der Waals surface area contributed by atoms with Crippen LogP contribution in [0, 0.1) is 5.92 Å². The Morgan fingerprint density at radius 1 is 1.15 bits per heavy atom. The van der Waals surface area contributed by atoms with Crippen LogP contribution in [0.25, 0.3) is 0 Å². The lowest BCUT2D eigenvalue weighted by Crippen LogP contribution is -2.42. The summed E-state index contributed by atoms with van der Waals surface area (Å²) in [6.45, 7) is 10.7. The highest BCUT2D eigenvalue weighted by molar-refractivity contribution is 5.81. The normalized spacial score (nSPS) is 16.0. The number of hydrogen-bond donors (Lipinski definition) is 4. The number of hydrogen-bond acceptors (Lipinski definition) is 3. The summed E-state index contributed by atoms with van der Waals surface area (Å²) in [5.41, 5.74) is 2.20. The van der Waals surface area contributed by atoms with Crippen molar-refractivity contribution in [3.05, 3.63) is 35.4 Å². The van der Waals surface area contributed by atoms with Crippen molar-refractivity contribution in [1.82, 2.24) is 16.0 Å². The molecule has 1 unspecified atom stereocenters. The quantitative estimate of drug-likeness (QED) is 0.319. The molecule has 1 amide bonds. The van der Waals surface area contributed by atoms with Crippen molar-refractivity contribution >= 4 is 11.9 Å². The molecule has 0 aliphatic heterocycles. The lowest BCUT2D eigenvalue weighted by Gasteiger charge is -2.20. The molecule has 27 heavy (non-hydrogen) atoms. The van der Waals surface area contributed by atoms with E-state index in [1.54, 1.807) is 0 Å². The smallest absolute Gasteiger partial charge is 0.223 e. The largest absolute Gasteiger partial charge is 0.386 e. The van der Waals surface area contributed by atoms with Gasteiger partial charge in [-0.1, -0.05) is 45.0 Å². The Kier molecular flexibility index (Phi) is 7.66. The van der Waals surface area contributed by atoms with Crippen LogP contribution in [0.15, 0.2) is 29.3 Å². The number of guanidine groups is 1. The first-order valence-corrected chi connectivity index (χ1v) is 9.89. The highest BCUT2D eigenvalue weighted by Crippen LogP contribution is 2.28. The highest BCUT2D eigenvalue weighted by Gasteiger charge is 2.28. The van der Waals surface area contributed by atoms with E-state index in [4.69, 9.17) is 0 Å². The van der Waals surface area contributed by atoms with Crippen molar-refractivity contribution in [3.8, 4) is 0 Å². The molecule has 0 heterocycles. The van der Waals surface area contributed by atoms with Gasteiger partial charge in [0, 0.05) is 25.6 Å². The Morgan fingerprint density at radius 3 is 2.33 bits per heavy atom. The Balaban J connectivity index is 1.82. The topological polar surface area (TPSA) is 85.8 Å². The van der Waals surface area contributed by atoms with Gasteiger partial charge >= 0.3 is 0 Å². The molecule has 1 atom stereocenters. The summed E-state index contributed by atoms with van der Waals surface area (Å²) < 4.78 is 0. The molecule has 0 bridgehead atoms. The minimum atomic E-state index is -0.649. The molecule has 1 aliphatic rings. The fraction of sp³-hybridized carbons (Fsp3) is 0.619. The van der Waals surface area contributed by atoms with Crippen LogP contribution >= 0.6 is 0 Å². The van der Waals surface area contributed by atoms with Crippen molar-refractivity contribution in [3.63, 3.8) is 0 Å². The van der Waals surface area contributed by atoms with E-state index >= 15 is 0 Å². The van der Waals surface area contributed by atoms with E-state index in [0.29, 0.717) is 19.0 Å². The lowest BCUT2D eigenvalue weighted by atomic mass is 9.86. The van der Waals surface area contributed by atoms with Gasteiger partial charge in [0.05, 0.1) is 12.6 Å². The van der Waals surface area contributed by atoms with Gasteiger partial charge in [-0.05, 0) is 36.3 Å². The molecule has 1 aromatic carbocycles. The van der Waals surface area contributed by atoms with E-state index in [1.807, 2.05) is 19.1 Å². The number of rotatable bonds is 8. The maximum Gasteiger partial charge on any atom is 0.223 e. The van der Waals surface area contributed by atoms with Crippen LogP contribution in [0.1, 0.15) is 57.8 Å². The van der Waals surface area contributed by atoms with Crippen molar-refractivity contribution in [2.45, 2.75) is 52.1 Å². The van der Waals surface area contributed by atoms with Crippen LogP contribution in [0.4, 0.5) is 0 Å². The van der Waals surface area contributed by atoms with Gasteiger partial charge in [0.15, 0.2) is 5.96 Å². The van der Waals surface area contributed by atoms with Crippen LogP contribution in [0.2, 0.25) is 0 Å². The summed E-state index contributed by atoms with van der Waals surface area (Å²) in [5, 5.41) is 19.7. The fourth-order valence-electron chi connectivity index (χ4n) is 2.69. The number of benzene rings is 1. The molecular weight excluding hydrogens is 340 g/mol. The molecule has 6 nitrogen and oxygen atoms in total. The first-order valence-electron chi connectivity index (χ1n) is 9.89. The Morgan fingerprint density at radius 2 is 1.78 bits per heavy atom. The molecule has 1 aliphatic carbocycles. The van der Waals surface area contributed by atoms with Gasteiger partial charge in [-0.2, -0.15) is 0 Å². The lowest BCUT2D eigenvalue weighted by molar-refractivity contribution is -0.122. The number of aliphatic hydroxyl groups excluding tert-OH is 1. The molecule has 6 heteroatoms. The first kappa shape index (κ1) is 21.2. The third-order valence-electron chi connectivity index (χ3n) is 4.59. The molecule has 0 radical (unpaired) electrons. The number of carbonyl (C=O) groups excluding carboxylic acids is 1. The minimum Gasteiger partial charge on any atom is -0.386 e. The van der Waals surface area contributed by atoms with Gasteiger partial charge in [0.25, 0.3) is 0 Å². The van der Waals surface area contributed by atoms with Crippen LogP contribution in [0.5, 0.6) is 0 Å². The van der Waals surface area contributed by atoms with E-state index in [-0.39, 0.29) is 23.8 Å². The predicted octanol–water partition coefficient (Wildman–Crippen LogP) is 2.10. The monoisotopic (exact) mass is 374 g/mol. The zero-order chi connectivity index (χ0) is 19.9. The molecule has 1 saturated carbocycles. The highest BCUT2D eigenvalue weighted by atomic mass is 16.3. The number of amides is 1. The molecule has 0 spiro atoms. The zero-order valence-corrected chi connectivity index (χ0v) is 17.0. The summed E-state index contributed by atoms with van der Waals surface area (Å²) in [6, 6.07) is 8.06. The van der Waals surface area contributed by atoms with E-state index < -0.39 is 6.10 Å². The molecule has 0 saturated heterocycles. The molecule has 2 rings (SSSR count). The summed E-state index contributed by atoms with van der Waals surface area (Å²) in [4.78, 5) is 16.1. The van der Waals surface area contributed by atoms with Crippen LogP contribution in [0.3, 0.4) is 0 Å². The average Bonchev–Trinajstić information content (AvgIpc) is 3.47. The van der Waals surface area contributed by atoms with Crippen LogP contribution in [-0.4, -0.2) is 43.2 Å². The van der Waals surface area contributed by atoms with Crippen molar-refractivity contribution in [1.29, 1.82) is 0 Å². The second-order valence-electron chi connectivity index (χ2n) is 8.10. The second kappa shape index (κ2) is 9.74. The predicted molar refractivity (Wildman–Crippen MR) is 110 cm³/mol. The number of nitrogens with zero attached hydrogens (tertiary/aromatic N) is 1. The molecule has 150 valence electrons. The van der Waals surface area contributed by atoms with Gasteiger partial charge in [-0.25, -0.2) is 0 Å². The summed E-state index contributed by atoms with van der Waals surface area (Å²) in [6.07, 6.45) is 1.37. The van der Waals surface area contributed by atoms with Gasteiger partial charge in [0.1, 0.15) is 0 Å².